The molecule has 0 N–H and O–H groups in total. The minimum absolute atomic E-state index is 0.0766. The molecule has 4 rings (SSSR count). The summed E-state index contributed by atoms with van der Waals surface area (Å²) in [5, 5.41) is 0.562. The highest BCUT2D eigenvalue weighted by Crippen LogP contribution is 2.40. The number of rotatable bonds is 5. The molecule has 7 nitrogen and oxygen atoms in total. The van der Waals surface area contributed by atoms with Crippen molar-refractivity contribution in [2.45, 2.75) is 44.5 Å². The van der Waals surface area contributed by atoms with E-state index in [0.717, 1.165) is 18.4 Å². The first-order chi connectivity index (χ1) is 13.4. The van der Waals surface area contributed by atoms with Gasteiger partial charge in [-0.05, 0) is 30.5 Å². The number of amides is 1. The van der Waals surface area contributed by atoms with Crippen molar-refractivity contribution in [2.75, 3.05) is 18.3 Å². The summed E-state index contributed by atoms with van der Waals surface area (Å²) in [5.41, 5.74) is 0.970. The van der Waals surface area contributed by atoms with Crippen molar-refractivity contribution in [2.24, 2.45) is 10.9 Å². The normalized spacial score (nSPS) is 26.2. The molecule has 1 aromatic rings. The van der Waals surface area contributed by atoms with Gasteiger partial charge in [-0.2, -0.15) is 4.99 Å². The average molecular weight is 425 g/mol. The lowest BCUT2D eigenvalue weighted by Crippen LogP contribution is -2.37. The number of carbonyl (C=O) groups excluding carboxylic acids is 1. The summed E-state index contributed by atoms with van der Waals surface area (Å²) in [6, 6.07) is 5.55. The molecule has 2 saturated heterocycles. The van der Waals surface area contributed by atoms with E-state index in [9.17, 15) is 13.2 Å². The molecule has 0 radical (unpaired) electrons. The fraction of sp³-hybridized carbons (Fsp3) is 0.579. The Kier molecular flexibility index (Phi) is 5.30. The first-order valence-electron chi connectivity index (χ1n) is 9.55. The van der Waals surface area contributed by atoms with Gasteiger partial charge in [0.1, 0.15) is 0 Å². The van der Waals surface area contributed by atoms with Crippen molar-refractivity contribution in [3.05, 3.63) is 23.8 Å². The molecule has 0 aliphatic carbocycles. The number of fused-ring (bicyclic) bond motifs is 2. The molecular weight excluding hydrogens is 400 g/mol. The van der Waals surface area contributed by atoms with Gasteiger partial charge in [-0.1, -0.05) is 31.7 Å². The van der Waals surface area contributed by atoms with Crippen LogP contribution in [0.1, 0.15) is 32.3 Å². The van der Waals surface area contributed by atoms with Gasteiger partial charge in [0.25, 0.3) is 5.91 Å². The van der Waals surface area contributed by atoms with E-state index in [-0.39, 0.29) is 41.4 Å². The predicted octanol–water partition coefficient (Wildman–Crippen LogP) is 2.45. The summed E-state index contributed by atoms with van der Waals surface area (Å²) in [5.74, 6) is 1.42. The second-order valence-electron chi connectivity index (χ2n) is 7.36. The number of benzene rings is 1. The molecule has 3 aliphatic rings. The van der Waals surface area contributed by atoms with Gasteiger partial charge in [0.15, 0.2) is 26.5 Å². The summed E-state index contributed by atoms with van der Waals surface area (Å²) in [7, 11) is -3.06. The van der Waals surface area contributed by atoms with Gasteiger partial charge >= 0.3 is 0 Å². The molecule has 3 aliphatic heterocycles. The standard InChI is InChI=1S/C19H24N2O5S2/c1-3-13(4-2)18(22)20-19-21(14-9-28(23,24)10-17(14)27-19)8-12-5-6-15-16(7-12)26-11-25-15/h5-7,13-14,17H,3-4,8-11H2,1-2H3. The van der Waals surface area contributed by atoms with Crippen LogP contribution in [0.25, 0.3) is 0 Å². The first-order valence-corrected chi connectivity index (χ1v) is 12.2. The Bertz CT molecular complexity index is 911. The minimum Gasteiger partial charge on any atom is -0.454 e. The number of thioether (sulfide) groups is 1. The summed E-state index contributed by atoms with van der Waals surface area (Å²) in [6.07, 6.45) is 1.50. The van der Waals surface area contributed by atoms with E-state index in [1.807, 2.05) is 36.9 Å². The van der Waals surface area contributed by atoms with Gasteiger partial charge < -0.3 is 14.4 Å². The van der Waals surface area contributed by atoms with Crippen LogP contribution in [0.2, 0.25) is 0 Å². The summed E-state index contributed by atoms with van der Waals surface area (Å²) in [4.78, 5) is 19.0. The van der Waals surface area contributed by atoms with E-state index in [1.54, 1.807) is 0 Å². The maximum Gasteiger partial charge on any atom is 0.251 e. The Balaban J connectivity index is 1.62. The minimum atomic E-state index is -3.06. The quantitative estimate of drug-likeness (QED) is 0.718. The van der Waals surface area contributed by atoms with Crippen molar-refractivity contribution < 1.29 is 22.7 Å². The molecule has 2 atom stereocenters. The number of hydrogen-bond acceptors (Lipinski definition) is 6. The first kappa shape index (κ1) is 19.6. The highest BCUT2D eigenvalue weighted by atomic mass is 32.2. The number of ether oxygens (including phenoxy) is 2. The second kappa shape index (κ2) is 7.59. The molecule has 2 fully saturated rings. The van der Waals surface area contributed by atoms with E-state index in [2.05, 4.69) is 4.99 Å². The summed E-state index contributed by atoms with van der Waals surface area (Å²) in [6.45, 7) is 4.66. The topological polar surface area (TPSA) is 85.3 Å². The number of amidine groups is 1. The maximum atomic E-state index is 12.6. The van der Waals surface area contributed by atoms with Crippen molar-refractivity contribution in [1.82, 2.24) is 4.90 Å². The zero-order valence-electron chi connectivity index (χ0n) is 16.0. The number of carbonyl (C=O) groups is 1. The van der Waals surface area contributed by atoms with Gasteiger partial charge in [0, 0.05) is 17.7 Å². The van der Waals surface area contributed by atoms with Gasteiger partial charge in [0.05, 0.1) is 17.5 Å². The van der Waals surface area contributed by atoms with Crippen LogP contribution in [0.4, 0.5) is 0 Å². The number of aliphatic imine (C=N–C) groups is 1. The van der Waals surface area contributed by atoms with Crippen LogP contribution in [-0.2, 0) is 21.2 Å². The Morgan fingerprint density at radius 1 is 1.25 bits per heavy atom. The molecule has 0 aromatic heterocycles. The van der Waals surface area contributed by atoms with E-state index >= 15 is 0 Å². The van der Waals surface area contributed by atoms with E-state index < -0.39 is 9.84 Å². The van der Waals surface area contributed by atoms with Crippen LogP contribution < -0.4 is 9.47 Å². The third-order valence-corrected chi connectivity index (χ3v) is 8.75. The Hall–Kier alpha value is -1.74. The second-order valence-corrected chi connectivity index (χ2v) is 10.7. The Morgan fingerprint density at radius 3 is 2.75 bits per heavy atom. The lowest BCUT2D eigenvalue weighted by molar-refractivity contribution is -0.121. The molecule has 1 aromatic carbocycles. The van der Waals surface area contributed by atoms with Crippen LogP contribution in [-0.4, -0.2) is 54.0 Å². The van der Waals surface area contributed by atoms with Crippen LogP contribution in [0.3, 0.4) is 0 Å². The van der Waals surface area contributed by atoms with Gasteiger partial charge in [-0.25, -0.2) is 8.42 Å². The summed E-state index contributed by atoms with van der Waals surface area (Å²) < 4.78 is 35.1. The third kappa shape index (κ3) is 3.74. The Morgan fingerprint density at radius 2 is 2.00 bits per heavy atom. The average Bonchev–Trinajstić information content (AvgIpc) is 3.30. The lowest BCUT2D eigenvalue weighted by atomic mass is 10.0. The van der Waals surface area contributed by atoms with Crippen LogP contribution >= 0.6 is 11.8 Å². The van der Waals surface area contributed by atoms with Gasteiger partial charge in [-0.15, -0.1) is 0 Å². The highest BCUT2D eigenvalue weighted by molar-refractivity contribution is 8.15. The van der Waals surface area contributed by atoms with Gasteiger partial charge in [-0.3, -0.25) is 4.79 Å². The third-order valence-electron chi connectivity index (χ3n) is 5.51. The van der Waals surface area contributed by atoms with Crippen LogP contribution in [0.15, 0.2) is 23.2 Å². The van der Waals surface area contributed by atoms with Crippen LogP contribution in [0.5, 0.6) is 11.5 Å². The Labute approximate surface area is 169 Å². The molecule has 152 valence electrons. The van der Waals surface area contributed by atoms with Gasteiger partial charge in [0.2, 0.25) is 6.79 Å². The van der Waals surface area contributed by atoms with Crippen molar-refractivity contribution in [3.8, 4) is 11.5 Å². The lowest BCUT2D eigenvalue weighted by Gasteiger charge is -2.25. The molecule has 3 heterocycles. The van der Waals surface area contributed by atoms with Crippen molar-refractivity contribution in [3.63, 3.8) is 0 Å². The zero-order chi connectivity index (χ0) is 19.9. The van der Waals surface area contributed by atoms with Crippen molar-refractivity contribution >= 4 is 32.7 Å². The van der Waals surface area contributed by atoms with E-state index in [0.29, 0.717) is 23.2 Å². The zero-order valence-corrected chi connectivity index (χ0v) is 17.6. The molecule has 1 amide bonds. The smallest absolute Gasteiger partial charge is 0.251 e. The molecule has 0 spiro atoms. The largest absolute Gasteiger partial charge is 0.454 e. The fourth-order valence-electron chi connectivity index (χ4n) is 3.88. The maximum absolute atomic E-state index is 12.6. The molecule has 28 heavy (non-hydrogen) atoms. The number of nitrogens with zero attached hydrogens (tertiary/aromatic N) is 2. The van der Waals surface area contributed by atoms with Crippen LogP contribution in [0, 0.1) is 5.92 Å². The summed E-state index contributed by atoms with van der Waals surface area (Å²) >= 11 is 1.42. The molecule has 0 saturated carbocycles. The predicted molar refractivity (Wildman–Crippen MR) is 108 cm³/mol. The van der Waals surface area contributed by atoms with E-state index in [1.165, 1.54) is 11.8 Å². The monoisotopic (exact) mass is 424 g/mol. The van der Waals surface area contributed by atoms with Crippen molar-refractivity contribution in [1.29, 1.82) is 0 Å². The highest BCUT2D eigenvalue weighted by Gasteiger charge is 2.48. The molecular formula is C19H24N2O5S2. The van der Waals surface area contributed by atoms with E-state index in [4.69, 9.17) is 9.47 Å². The molecule has 9 heteroatoms. The number of hydrogen-bond donors (Lipinski definition) is 0. The molecule has 2 unspecified atom stereocenters. The molecule has 0 bridgehead atoms. The number of sulfone groups is 1. The fourth-order valence-corrected chi connectivity index (χ4v) is 7.84. The SMILES string of the molecule is CCC(CC)C(=O)N=C1SC2CS(=O)(=O)CC2N1Cc1ccc2c(c1)OCO2.